The van der Waals surface area contributed by atoms with Gasteiger partial charge in [0.2, 0.25) is 0 Å². The Balaban J connectivity index is 2.21. The van der Waals surface area contributed by atoms with Gasteiger partial charge in [-0.2, -0.15) is 0 Å². The number of aromatic nitrogens is 1. The monoisotopic (exact) mass is 475 g/mol. The normalized spacial score (nSPS) is 11.5. The summed E-state index contributed by atoms with van der Waals surface area (Å²) in [6.07, 6.45) is 12.1. The Morgan fingerprint density at radius 3 is 1.96 bits per heavy atom. The Kier molecular flexibility index (Phi) is 10.2. The van der Waals surface area contributed by atoms with Gasteiger partial charge in [-0.3, -0.25) is 0 Å². The summed E-state index contributed by atoms with van der Waals surface area (Å²) >= 11 is -2.42. The Hall–Kier alpha value is -1.03. The van der Waals surface area contributed by atoms with Gasteiger partial charge in [0.1, 0.15) is 0 Å². The van der Waals surface area contributed by atoms with Crippen LogP contribution in [0.3, 0.4) is 0 Å². The number of hydrogen-bond acceptors (Lipinski definition) is 2. The van der Waals surface area contributed by atoms with Gasteiger partial charge in [0.25, 0.3) is 0 Å². The van der Waals surface area contributed by atoms with Crippen molar-refractivity contribution < 1.29 is 4.74 Å². The Morgan fingerprint density at radius 2 is 1.41 bits per heavy atom. The van der Waals surface area contributed by atoms with Crippen LogP contribution < -0.4 is 8.32 Å². The molecule has 0 bridgehead atoms. The van der Waals surface area contributed by atoms with Crippen LogP contribution in [-0.2, 0) is 6.61 Å². The molecule has 0 amide bonds. The molecule has 0 unspecified atom stereocenters. The summed E-state index contributed by atoms with van der Waals surface area (Å²) < 4.78 is 12.1. The fraction of sp³-hybridized carbons (Fsp3) is 0.542. The molecule has 27 heavy (non-hydrogen) atoms. The first kappa shape index (κ1) is 22.3. The molecule has 0 spiro atoms. The van der Waals surface area contributed by atoms with Crippen molar-refractivity contribution in [3.8, 4) is 5.75 Å². The van der Waals surface area contributed by atoms with Crippen LogP contribution in [0.2, 0.25) is 13.3 Å². The SMILES string of the molecule is CCC[CH2][Sn]([CH2]CCC)([CH2]CCC)[c]1cncc(OCc2ccccc2)c1. The molecule has 0 aliphatic rings. The predicted octanol–water partition coefficient (Wildman–Crippen LogP) is 6.72. The van der Waals surface area contributed by atoms with E-state index in [9.17, 15) is 0 Å². The summed E-state index contributed by atoms with van der Waals surface area (Å²) in [6.45, 7) is 7.60. The molecule has 0 saturated carbocycles. The number of unbranched alkanes of at least 4 members (excludes halogenated alkanes) is 3. The summed E-state index contributed by atoms with van der Waals surface area (Å²) in [4.78, 5) is 4.61. The van der Waals surface area contributed by atoms with Crippen LogP contribution in [0.15, 0.2) is 48.8 Å². The molecule has 0 atom stereocenters. The second kappa shape index (κ2) is 12.4. The fourth-order valence-electron chi connectivity index (χ4n) is 3.88. The van der Waals surface area contributed by atoms with Crippen LogP contribution >= 0.6 is 0 Å². The average Bonchev–Trinajstić information content (AvgIpc) is 2.73. The molecule has 0 aliphatic heterocycles. The second-order valence-corrected chi connectivity index (χ2v) is 21.0. The summed E-state index contributed by atoms with van der Waals surface area (Å²) in [6, 6.07) is 12.8. The Labute approximate surface area is 170 Å². The van der Waals surface area contributed by atoms with Crippen LogP contribution in [0.5, 0.6) is 5.75 Å². The molecule has 0 aliphatic carbocycles. The number of nitrogens with zero attached hydrogens (tertiary/aromatic N) is 1. The first-order valence-corrected chi connectivity index (χ1v) is 18.3. The molecule has 0 saturated heterocycles. The van der Waals surface area contributed by atoms with E-state index in [-0.39, 0.29) is 0 Å². The first-order valence-electron chi connectivity index (χ1n) is 10.9. The Morgan fingerprint density at radius 1 is 0.815 bits per heavy atom. The zero-order valence-electron chi connectivity index (χ0n) is 17.5. The van der Waals surface area contributed by atoms with E-state index in [1.807, 2.05) is 12.3 Å². The molecule has 3 heteroatoms. The van der Waals surface area contributed by atoms with Crippen LogP contribution in [0.4, 0.5) is 0 Å². The van der Waals surface area contributed by atoms with Gasteiger partial charge in [-0.15, -0.1) is 0 Å². The van der Waals surface area contributed by atoms with Gasteiger partial charge >= 0.3 is 171 Å². The molecule has 0 radical (unpaired) electrons. The third-order valence-electron chi connectivity index (χ3n) is 5.60. The van der Waals surface area contributed by atoms with Crippen LogP contribution in [0.1, 0.15) is 64.9 Å². The fourth-order valence-corrected chi connectivity index (χ4v) is 19.6. The van der Waals surface area contributed by atoms with Crippen LogP contribution in [-0.4, -0.2) is 23.4 Å². The molecule has 1 aromatic heterocycles. The van der Waals surface area contributed by atoms with Gasteiger partial charge in [0, 0.05) is 0 Å². The van der Waals surface area contributed by atoms with Crippen molar-refractivity contribution >= 4 is 22.0 Å². The van der Waals surface area contributed by atoms with Crippen molar-refractivity contribution in [1.29, 1.82) is 0 Å². The number of hydrogen-bond donors (Lipinski definition) is 0. The van der Waals surface area contributed by atoms with Crippen LogP contribution in [0.25, 0.3) is 0 Å². The van der Waals surface area contributed by atoms with E-state index in [0.717, 1.165) is 5.75 Å². The summed E-state index contributed by atoms with van der Waals surface area (Å²) in [7, 11) is 0. The average molecular weight is 474 g/mol. The topological polar surface area (TPSA) is 22.1 Å². The van der Waals surface area contributed by atoms with Crippen molar-refractivity contribution in [2.45, 2.75) is 79.2 Å². The molecule has 1 heterocycles. The quantitative estimate of drug-likeness (QED) is 0.301. The maximum atomic E-state index is 6.11. The van der Waals surface area contributed by atoms with E-state index >= 15 is 0 Å². The van der Waals surface area contributed by atoms with Gasteiger partial charge in [-0.05, 0) is 0 Å². The van der Waals surface area contributed by atoms with Gasteiger partial charge < -0.3 is 0 Å². The molecular weight excluding hydrogens is 437 g/mol. The van der Waals surface area contributed by atoms with E-state index in [4.69, 9.17) is 4.74 Å². The van der Waals surface area contributed by atoms with E-state index in [1.54, 1.807) is 3.58 Å². The van der Waals surface area contributed by atoms with E-state index in [1.165, 1.54) is 57.4 Å². The molecule has 2 rings (SSSR count). The molecule has 148 valence electrons. The van der Waals surface area contributed by atoms with Crippen molar-refractivity contribution in [2.75, 3.05) is 0 Å². The van der Waals surface area contributed by atoms with Gasteiger partial charge in [0.15, 0.2) is 0 Å². The van der Waals surface area contributed by atoms with E-state index in [0.29, 0.717) is 6.61 Å². The first-order chi connectivity index (χ1) is 13.2. The zero-order valence-corrected chi connectivity index (χ0v) is 20.4. The maximum absolute atomic E-state index is 6.11. The third-order valence-corrected chi connectivity index (χ3v) is 21.1. The second-order valence-electron chi connectivity index (χ2n) is 7.77. The molecule has 0 fully saturated rings. The molecule has 0 N–H and O–H groups in total. The van der Waals surface area contributed by atoms with E-state index in [2.05, 4.69) is 62.3 Å². The standard InChI is InChI=1S/C12H10NO.3C4H9.Sn/c1-2-5-11(6-3-1)10-14-12-7-4-8-13-9-12;3*1-3-4-2;/h1-3,5-9H,10H2;3*1,3-4H2,2H3;. The summed E-state index contributed by atoms with van der Waals surface area (Å²) in [5, 5.41) is 0. The Bertz CT molecular complexity index is 622. The number of pyridine rings is 1. The molecule has 2 aromatic rings. The molecule has 1 aromatic carbocycles. The molecular formula is C24H37NOSn. The number of benzene rings is 1. The van der Waals surface area contributed by atoms with Crippen molar-refractivity contribution in [2.24, 2.45) is 0 Å². The minimum absolute atomic E-state index is 0.618. The third kappa shape index (κ3) is 7.13. The van der Waals surface area contributed by atoms with Crippen LogP contribution in [0, 0.1) is 0 Å². The predicted molar refractivity (Wildman–Crippen MR) is 120 cm³/mol. The molecule has 2 nitrogen and oxygen atoms in total. The summed E-state index contributed by atoms with van der Waals surface area (Å²) in [5.41, 5.74) is 1.21. The van der Waals surface area contributed by atoms with Crippen molar-refractivity contribution in [3.05, 3.63) is 54.4 Å². The van der Waals surface area contributed by atoms with Gasteiger partial charge in [-0.25, -0.2) is 0 Å². The minimum atomic E-state index is -2.42. The van der Waals surface area contributed by atoms with Gasteiger partial charge in [-0.1, -0.05) is 0 Å². The number of rotatable bonds is 13. The summed E-state index contributed by atoms with van der Waals surface area (Å²) in [5.74, 6) is 0.946. The number of ether oxygens (including phenoxy) is 1. The van der Waals surface area contributed by atoms with E-state index < -0.39 is 18.4 Å². The van der Waals surface area contributed by atoms with Gasteiger partial charge in [0.05, 0.1) is 0 Å². The zero-order chi connectivity index (χ0) is 19.4. The van der Waals surface area contributed by atoms with Crippen molar-refractivity contribution in [3.63, 3.8) is 0 Å². The van der Waals surface area contributed by atoms with Crippen molar-refractivity contribution in [1.82, 2.24) is 4.98 Å².